The van der Waals surface area contributed by atoms with Gasteiger partial charge in [0.1, 0.15) is 0 Å². The van der Waals surface area contributed by atoms with Crippen molar-refractivity contribution in [3.05, 3.63) is 58.7 Å². The van der Waals surface area contributed by atoms with Crippen molar-refractivity contribution >= 4 is 32.6 Å². The molecule has 142 valence electrons. The van der Waals surface area contributed by atoms with Crippen molar-refractivity contribution in [3.8, 4) is 0 Å². The number of amides is 1. The van der Waals surface area contributed by atoms with E-state index in [1.54, 1.807) is 11.3 Å². The minimum absolute atomic E-state index is 0.0286. The van der Waals surface area contributed by atoms with Crippen LogP contribution < -0.4 is 9.80 Å². The third-order valence-electron chi connectivity index (χ3n) is 4.62. The average Bonchev–Trinajstić information content (AvgIpc) is 3.02. The molecule has 3 rings (SSSR count). The van der Waals surface area contributed by atoms with E-state index in [1.165, 1.54) is 10.5 Å². The first-order valence-electron chi connectivity index (χ1n) is 9.40. The smallest absolute Gasteiger partial charge is 0.260 e. The molecule has 4 nitrogen and oxygen atoms in total. The van der Waals surface area contributed by atoms with Gasteiger partial charge < -0.3 is 4.90 Å². The molecule has 0 unspecified atom stereocenters. The number of benzene rings is 2. The SMILES string of the molecule is Cc1cccc(C(=O)N(CCC[NH+](C)C)c2nc3c(C)cc(C)cc3s2)c1. The molecule has 2 aromatic carbocycles. The van der Waals surface area contributed by atoms with Gasteiger partial charge in [-0.1, -0.05) is 35.1 Å². The van der Waals surface area contributed by atoms with Gasteiger partial charge in [0.05, 0.1) is 30.9 Å². The monoisotopic (exact) mass is 382 g/mol. The number of hydrogen-bond donors (Lipinski definition) is 1. The molecule has 0 atom stereocenters. The van der Waals surface area contributed by atoms with Crippen LogP contribution in [-0.4, -0.2) is 38.1 Å². The van der Waals surface area contributed by atoms with Crippen molar-refractivity contribution in [2.45, 2.75) is 27.2 Å². The van der Waals surface area contributed by atoms with Gasteiger partial charge in [0.2, 0.25) is 0 Å². The zero-order valence-electron chi connectivity index (χ0n) is 16.8. The second-order valence-corrected chi connectivity index (χ2v) is 8.57. The van der Waals surface area contributed by atoms with Crippen LogP contribution in [0.4, 0.5) is 5.13 Å². The van der Waals surface area contributed by atoms with Crippen molar-refractivity contribution < 1.29 is 9.69 Å². The summed E-state index contributed by atoms with van der Waals surface area (Å²) in [4.78, 5) is 21.4. The Hall–Kier alpha value is -2.24. The number of aryl methyl sites for hydroxylation is 3. The van der Waals surface area contributed by atoms with Crippen LogP contribution in [0.2, 0.25) is 0 Å². The Bertz CT molecular complexity index is 961. The summed E-state index contributed by atoms with van der Waals surface area (Å²) in [5.74, 6) is 0.0286. The lowest BCUT2D eigenvalue weighted by Crippen LogP contribution is -3.05. The molecule has 0 saturated heterocycles. The molecule has 0 radical (unpaired) electrons. The number of nitrogens with one attached hydrogen (secondary N) is 1. The number of fused-ring (bicyclic) bond motifs is 1. The average molecular weight is 383 g/mol. The van der Waals surface area contributed by atoms with E-state index in [-0.39, 0.29) is 5.91 Å². The zero-order chi connectivity index (χ0) is 19.6. The Morgan fingerprint density at radius 2 is 1.89 bits per heavy atom. The number of quaternary nitrogens is 1. The standard InChI is InChI=1S/C22H27N3OS/c1-15-8-6-9-18(13-15)21(26)25(11-7-10-24(4)5)22-23-20-17(3)12-16(2)14-19(20)27-22/h6,8-9,12-14H,7,10-11H2,1-5H3/p+1. The van der Waals surface area contributed by atoms with Crippen LogP contribution in [0.3, 0.4) is 0 Å². The van der Waals surface area contributed by atoms with E-state index in [9.17, 15) is 4.79 Å². The highest BCUT2D eigenvalue weighted by atomic mass is 32.1. The molecule has 27 heavy (non-hydrogen) atoms. The highest BCUT2D eigenvalue weighted by Gasteiger charge is 2.22. The summed E-state index contributed by atoms with van der Waals surface area (Å²) in [5, 5.41) is 0.791. The summed E-state index contributed by atoms with van der Waals surface area (Å²) >= 11 is 1.61. The molecule has 3 aromatic rings. The topological polar surface area (TPSA) is 37.6 Å². The molecule has 0 aliphatic heterocycles. The molecule has 0 bridgehead atoms. The summed E-state index contributed by atoms with van der Waals surface area (Å²) in [6.45, 7) is 7.89. The van der Waals surface area contributed by atoms with Gasteiger partial charge in [-0.05, 0) is 50.1 Å². The predicted molar refractivity (Wildman–Crippen MR) is 114 cm³/mol. The third kappa shape index (κ3) is 4.54. The molecule has 1 heterocycles. The first-order valence-corrected chi connectivity index (χ1v) is 10.2. The largest absolute Gasteiger partial charge is 0.340 e. The van der Waals surface area contributed by atoms with Crippen LogP contribution in [0.1, 0.15) is 33.5 Å². The van der Waals surface area contributed by atoms with Gasteiger partial charge in [0.25, 0.3) is 5.91 Å². The molecule has 0 spiro atoms. The minimum Gasteiger partial charge on any atom is -0.340 e. The van der Waals surface area contributed by atoms with E-state index in [0.717, 1.165) is 45.0 Å². The lowest BCUT2D eigenvalue weighted by atomic mass is 10.1. The van der Waals surface area contributed by atoms with Gasteiger partial charge in [-0.15, -0.1) is 0 Å². The maximum absolute atomic E-state index is 13.3. The highest BCUT2D eigenvalue weighted by molar-refractivity contribution is 7.22. The first-order chi connectivity index (χ1) is 12.8. The fourth-order valence-corrected chi connectivity index (χ4v) is 4.45. The van der Waals surface area contributed by atoms with Crippen molar-refractivity contribution in [1.29, 1.82) is 0 Å². The fraction of sp³-hybridized carbons (Fsp3) is 0.364. The summed E-state index contributed by atoms with van der Waals surface area (Å²) in [5.41, 5.74) is 5.20. The van der Waals surface area contributed by atoms with E-state index in [2.05, 4.69) is 40.1 Å². The lowest BCUT2D eigenvalue weighted by molar-refractivity contribution is -0.858. The van der Waals surface area contributed by atoms with Gasteiger partial charge in [-0.25, -0.2) is 4.98 Å². The Morgan fingerprint density at radius 3 is 2.59 bits per heavy atom. The number of rotatable bonds is 6. The number of thiazole rings is 1. The van der Waals surface area contributed by atoms with Crippen molar-refractivity contribution in [3.63, 3.8) is 0 Å². The van der Waals surface area contributed by atoms with Gasteiger partial charge in [-0.3, -0.25) is 9.69 Å². The minimum atomic E-state index is 0.0286. The summed E-state index contributed by atoms with van der Waals surface area (Å²) in [6.07, 6.45) is 0.938. The maximum atomic E-state index is 13.3. The van der Waals surface area contributed by atoms with Crippen LogP contribution in [-0.2, 0) is 0 Å². The molecular formula is C22H28N3OS+. The van der Waals surface area contributed by atoms with Gasteiger partial charge >= 0.3 is 0 Å². The van der Waals surface area contributed by atoms with E-state index in [1.807, 2.05) is 36.1 Å². The second kappa shape index (κ2) is 8.19. The maximum Gasteiger partial charge on any atom is 0.260 e. The number of carbonyl (C=O) groups is 1. The third-order valence-corrected chi connectivity index (χ3v) is 5.64. The molecular weight excluding hydrogens is 354 g/mol. The molecule has 1 aromatic heterocycles. The van der Waals surface area contributed by atoms with Crippen LogP contribution >= 0.6 is 11.3 Å². The molecule has 5 heteroatoms. The van der Waals surface area contributed by atoms with Crippen molar-refractivity contribution in [2.24, 2.45) is 0 Å². The Labute approximate surface area is 165 Å². The number of anilines is 1. The summed E-state index contributed by atoms with van der Waals surface area (Å²) in [7, 11) is 4.27. The number of aromatic nitrogens is 1. The zero-order valence-corrected chi connectivity index (χ0v) is 17.6. The molecule has 0 saturated carbocycles. The number of nitrogens with zero attached hydrogens (tertiary/aromatic N) is 2. The summed E-state index contributed by atoms with van der Waals surface area (Å²) < 4.78 is 1.14. The molecule has 1 amide bonds. The lowest BCUT2D eigenvalue weighted by Gasteiger charge is -2.20. The van der Waals surface area contributed by atoms with E-state index in [4.69, 9.17) is 4.98 Å². The molecule has 0 aliphatic carbocycles. The molecule has 1 N–H and O–H groups in total. The second-order valence-electron chi connectivity index (χ2n) is 7.56. The van der Waals surface area contributed by atoms with Gasteiger partial charge in [0.15, 0.2) is 5.13 Å². The van der Waals surface area contributed by atoms with E-state index >= 15 is 0 Å². The van der Waals surface area contributed by atoms with E-state index in [0.29, 0.717) is 6.54 Å². The molecule has 0 aliphatic rings. The van der Waals surface area contributed by atoms with Crippen LogP contribution in [0.25, 0.3) is 10.2 Å². The Balaban J connectivity index is 1.98. The number of carbonyl (C=O) groups excluding carboxylic acids is 1. The van der Waals surface area contributed by atoms with E-state index < -0.39 is 0 Å². The van der Waals surface area contributed by atoms with Crippen molar-refractivity contribution in [1.82, 2.24) is 4.98 Å². The van der Waals surface area contributed by atoms with Crippen LogP contribution in [0.5, 0.6) is 0 Å². The fourth-order valence-electron chi connectivity index (χ4n) is 3.28. The number of hydrogen-bond acceptors (Lipinski definition) is 3. The predicted octanol–water partition coefficient (Wildman–Crippen LogP) is 3.40. The first kappa shape index (κ1) is 19.5. The quantitative estimate of drug-likeness (QED) is 0.709. The highest BCUT2D eigenvalue weighted by Crippen LogP contribution is 2.32. The normalized spacial score (nSPS) is 11.3. The van der Waals surface area contributed by atoms with Gasteiger partial charge in [0, 0.05) is 18.5 Å². The Kier molecular flexibility index (Phi) is 5.92. The molecule has 0 fully saturated rings. The summed E-state index contributed by atoms with van der Waals surface area (Å²) in [6, 6.07) is 12.1. The van der Waals surface area contributed by atoms with Gasteiger partial charge in [-0.2, -0.15) is 0 Å². The van der Waals surface area contributed by atoms with Crippen molar-refractivity contribution in [2.75, 3.05) is 32.1 Å². The van der Waals surface area contributed by atoms with Crippen LogP contribution in [0.15, 0.2) is 36.4 Å². The van der Waals surface area contributed by atoms with Crippen LogP contribution in [0, 0.1) is 20.8 Å². The Morgan fingerprint density at radius 1 is 1.11 bits per heavy atom.